The molecule has 1 aliphatic rings. The number of carbonyl (C=O) groups is 1. The van der Waals surface area contributed by atoms with Crippen molar-refractivity contribution in [2.45, 2.75) is 37.4 Å². The molecule has 1 saturated carbocycles. The van der Waals surface area contributed by atoms with Gasteiger partial charge in [-0.05, 0) is 74.0 Å². The molecule has 0 atom stereocenters. The Kier molecular flexibility index (Phi) is 7.62. The molecule has 1 aliphatic carbocycles. The lowest BCUT2D eigenvalue weighted by molar-refractivity contribution is -0.141. The molecule has 0 spiro atoms. The molecule has 10 heteroatoms. The highest BCUT2D eigenvalue weighted by Gasteiger charge is 2.38. The highest BCUT2D eigenvalue weighted by Crippen LogP contribution is 2.40. The number of halogens is 5. The van der Waals surface area contributed by atoms with Crippen molar-refractivity contribution in [2.75, 3.05) is 0 Å². The lowest BCUT2D eigenvalue weighted by Crippen LogP contribution is -2.44. The Balaban J connectivity index is 1.58. The third-order valence-electron chi connectivity index (χ3n) is 6.12. The summed E-state index contributed by atoms with van der Waals surface area (Å²) >= 11 is 6.72. The minimum absolute atomic E-state index is 0.0655. The van der Waals surface area contributed by atoms with Crippen molar-refractivity contribution in [1.29, 1.82) is 5.26 Å². The molecule has 5 nitrogen and oxygen atoms in total. The van der Waals surface area contributed by atoms with Crippen LogP contribution in [0.2, 0.25) is 0 Å². The molecule has 1 N–H and O–H groups in total. The normalized spacial score (nSPS) is 15.4. The Morgan fingerprint density at radius 1 is 1.03 bits per heavy atom. The van der Waals surface area contributed by atoms with Gasteiger partial charge in [0.1, 0.15) is 17.3 Å². The molecule has 36 heavy (non-hydrogen) atoms. The van der Waals surface area contributed by atoms with Crippen molar-refractivity contribution in [3.8, 4) is 17.2 Å². The molecule has 2 aromatic heterocycles. The average Bonchev–Trinajstić information content (AvgIpc) is 3.33. The van der Waals surface area contributed by atoms with Crippen molar-refractivity contribution in [1.82, 2.24) is 15.3 Å². The number of aromatic nitrogens is 2. The van der Waals surface area contributed by atoms with E-state index in [1.807, 2.05) is 18.2 Å². The lowest BCUT2D eigenvalue weighted by atomic mass is 9.86. The molecular weight excluding hydrogens is 601 g/mol. The maximum atomic E-state index is 13.1. The SMILES string of the molecule is N#CC(=Cc1ncc(Br)cc1Br)C(=O)NC1(c2ccc(-c3ccc(C(F)(F)F)nc3)cc2)CCCC1. The molecule has 2 heterocycles. The zero-order chi connectivity index (χ0) is 25.9. The van der Waals surface area contributed by atoms with Gasteiger partial charge in [0.15, 0.2) is 0 Å². The van der Waals surface area contributed by atoms with Crippen LogP contribution in [0.3, 0.4) is 0 Å². The summed E-state index contributed by atoms with van der Waals surface area (Å²) in [6.07, 6.45) is 2.97. The number of carbonyl (C=O) groups excluding carboxylic acids is 1. The van der Waals surface area contributed by atoms with E-state index in [0.717, 1.165) is 28.9 Å². The van der Waals surface area contributed by atoms with Gasteiger partial charge in [-0.15, -0.1) is 0 Å². The maximum absolute atomic E-state index is 13.1. The number of benzene rings is 1. The minimum Gasteiger partial charge on any atom is -0.342 e. The summed E-state index contributed by atoms with van der Waals surface area (Å²) in [4.78, 5) is 20.9. The van der Waals surface area contributed by atoms with Crippen LogP contribution in [0.25, 0.3) is 17.2 Å². The van der Waals surface area contributed by atoms with E-state index in [4.69, 9.17) is 0 Å². The zero-order valence-electron chi connectivity index (χ0n) is 18.7. The molecule has 0 aliphatic heterocycles. The van der Waals surface area contributed by atoms with Crippen molar-refractivity contribution < 1.29 is 18.0 Å². The van der Waals surface area contributed by atoms with Crippen LogP contribution in [0.5, 0.6) is 0 Å². The quantitative estimate of drug-likeness (QED) is 0.242. The summed E-state index contributed by atoms with van der Waals surface area (Å²) in [6.45, 7) is 0. The summed E-state index contributed by atoms with van der Waals surface area (Å²) in [6, 6.07) is 13.4. The van der Waals surface area contributed by atoms with Crippen LogP contribution >= 0.6 is 31.9 Å². The fourth-order valence-corrected chi connectivity index (χ4v) is 5.38. The molecule has 184 valence electrons. The molecule has 1 aromatic carbocycles. The van der Waals surface area contributed by atoms with Crippen LogP contribution in [-0.2, 0) is 16.5 Å². The number of amides is 1. The number of hydrogen-bond donors (Lipinski definition) is 1. The maximum Gasteiger partial charge on any atom is 0.433 e. The third-order valence-corrected chi connectivity index (χ3v) is 7.19. The highest BCUT2D eigenvalue weighted by molar-refractivity contribution is 9.11. The average molecular weight is 620 g/mol. The second kappa shape index (κ2) is 10.5. The van der Waals surface area contributed by atoms with Gasteiger partial charge in [0, 0.05) is 26.9 Å². The Labute approximate surface area is 222 Å². The van der Waals surface area contributed by atoms with Gasteiger partial charge in [0.2, 0.25) is 0 Å². The van der Waals surface area contributed by atoms with E-state index >= 15 is 0 Å². The summed E-state index contributed by atoms with van der Waals surface area (Å²) in [5, 5.41) is 12.7. The summed E-state index contributed by atoms with van der Waals surface area (Å²) in [5.41, 5.74) is 0.946. The zero-order valence-corrected chi connectivity index (χ0v) is 21.9. The second-order valence-corrected chi connectivity index (χ2v) is 10.2. The van der Waals surface area contributed by atoms with Gasteiger partial charge in [-0.1, -0.05) is 43.2 Å². The monoisotopic (exact) mass is 618 g/mol. The first kappa shape index (κ1) is 26.0. The van der Waals surface area contributed by atoms with E-state index in [-0.39, 0.29) is 5.57 Å². The van der Waals surface area contributed by atoms with E-state index in [0.29, 0.717) is 34.1 Å². The van der Waals surface area contributed by atoms with Crippen molar-refractivity contribution in [3.63, 3.8) is 0 Å². The fraction of sp³-hybridized carbons (Fsp3) is 0.231. The molecule has 0 radical (unpaired) electrons. The number of hydrogen-bond acceptors (Lipinski definition) is 4. The van der Waals surface area contributed by atoms with Gasteiger partial charge in [-0.2, -0.15) is 18.4 Å². The number of nitrogens with zero attached hydrogens (tertiary/aromatic N) is 3. The van der Waals surface area contributed by atoms with Gasteiger partial charge in [0.05, 0.1) is 11.2 Å². The minimum atomic E-state index is -4.49. The van der Waals surface area contributed by atoms with Gasteiger partial charge in [-0.3, -0.25) is 14.8 Å². The van der Waals surface area contributed by atoms with E-state index in [1.54, 1.807) is 24.4 Å². The van der Waals surface area contributed by atoms with Gasteiger partial charge >= 0.3 is 6.18 Å². The Bertz CT molecular complexity index is 1340. The van der Waals surface area contributed by atoms with E-state index in [2.05, 4.69) is 47.1 Å². The first-order chi connectivity index (χ1) is 17.1. The molecular formula is C26H19Br2F3N4O. The Morgan fingerprint density at radius 3 is 2.25 bits per heavy atom. The van der Waals surface area contributed by atoms with Crippen molar-refractivity contribution in [2.24, 2.45) is 0 Å². The van der Waals surface area contributed by atoms with Crippen molar-refractivity contribution >= 4 is 43.8 Å². The van der Waals surface area contributed by atoms with Gasteiger partial charge < -0.3 is 5.32 Å². The molecule has 3 aromatic rings. The van der Waals surface area contributed by atoms with Crippen LogP contribution in [-0.4, -0.2) is 15.9 Å². The predicted octanol–water partition coefficient (Wildman–Crippen LogP) is 7.18. The molecule has 1 fully saturated rings. The van der Waals surface area contributed by atoms with Crippen LogP contribution in [0, 0.1) is 11.3 Å². The standard InChI is InChI=1S/C26H19Br2F3N4O/c27-20-12-21(28)22(33-15-20)11-18(13-32)24(36)35-25(9-1-2-10-25)19-6-3-16(4-7-19)17-5-8-23(34-14-17)26(29,30)31/h3-8,11-12,14-15H,1-2,9-10H2,(H,35,36). The van der Waals surface area contributed by atoms with E-state index in [9.17, 15) is 23.2 Å². The number of pyridine rings is 2. The third kappa shape index (κ3) is 5.68. The van der Waals surface area contributed by atoms with Gasteiger partial charge in [-0.25, -0.2) is 0 Å². The molecule has 0 saturated heterocycles. The number of nitriles is 1. The number of alkyl halides is 3. The highest BCUT2D eigenvalue weighted by atomic mass is 79.9. The van der Waals surface area contributed by atoms with Crippen LogP contribution in [0.1, 0.15) is 42.6 Å². The lowest BCUT2D eigenvalue weighted by Gasteiger charge is -2.31. The van der Waals surface area contributed by atoms with Crippen molar-refractivity contribution in [3.05, 3.63) is 86.3 Å². The summed E-state index contributed by atoms with van der Waals surface area (Å²) < 4.78 is 39.8. The first-order valence-electron chi connectivity index (χ1n) is 11.0. The first-order valence-corrected chi connectivity index (χ1v) is 12.6. The Hall–Kier alpha value is -3.03. The topological polar surface area (TPSA) is 78.7 Å². The smallest absolute Gasteiger partial charge is 0.342 e. The predicted molar refractivity (Wildman–Crippen MR) is 136 cm³/mol. The largest absolute Gasteiger partial charge is 0.433 e. The molecule has 1 amide bonds. The fourth-order valence-electron chi connectivity index (χ4n) is 4.28. The van der Waals surface area contributed by atoms with Crippen LogP contribution in [0.4, 0.5) is 13.2 Å². The van der Waals surface area contributed by atoms with Gasteiger partial charge in [0.25, 0.3) is 5.91 Å². The molecule has 0 bridgehead atoms. The number of nitrogens with one attached hydrogen (secondary N) is 1. The number of rotatable bonds is 5. The molecule has 0 unspecified atom stereocenters. The van der Waals surface area contributed by atoms with E-state index in [1.165, 1.54) is 18.3 Å². The van der Waals surface area contributed by atoms with E-state index < -0.39 is 23.3 Å². The van der Waals surface area contributed by atoms with Crippen LogP contribution in [0.15, 0.2) is 69.4 Å². The summed E-state index contributed by atoms with van der Waals surface area (Å²) in [7, 11) is 0. The van der Waals surface area contributed by atoms with Crippen LogP contribution < -0.4 is 5.32 Å². The Morgan fingerprint density at radius 2 is 1.69 bits per heavy atom. The second-order valence-electron chi connectivity index (χ2n) is 8.44. The summed E-state index contributed by atoms with van der Waals surface area (Å²) in [5.74, 6) is -0.493. The molecule has 4 rings (SSSR count).